The number of ether oxygens (including phenoxy) is 5. The van der Waals surface area contributed by atoms with Crippen molar-refractivity contribution >= 4 is 18.2 Å². The molecule has 2 aliphatic heterocycles. The zero-order chi connectivity index (χ0) is 28.7. The lowest BCUT2D eigenvalue weighted by atomic mass is 9.80. The lowest BCUT2D eigenvalue weighted by Gasteiger charge is -2.43. The van der Waals surface area contributed by atoms with Gasteiger partial charge in [0.05, 0.1) is 38.6 Å². The van der Waals surface area contributed by atoms with Gasteiger partial charge in [-0.2, -0.15) is 0 Å². The number of benzene rings is 1. The number of rotatable bonds is 11. The maximum absolute atomic E-state index is 12.7. The molecule has 0 radical (unpaired) electrons. The quantitative estimate of drug-likeness (QED) is 0.105. The highest BCUT2D eigenvalue weighted by Gasteiger charge is 2.48. The molecular weight excluding hydrogens is 524 g/mol. The van der Waals surface area contributed by atoms with E-state index in [0.717, 1.165) is 13.4 Å². The maximum atomic E-state index is 12.7. The molecule has 14 nitrogen and oxygen atoms in total. The summed E-state index contributed by atoms with van der Waals surface area (Å²) in [5.74, 6) is -4.14. The van der Waals surface area contributed by atoms with E-state index < -0.39 is 73.8 Å². The van der Waals surface area contributed by atoms with Crippen LogP contribution < -0.4 is 0 Å². The van der Waals surface area contributed by atoms with E-state index in [0.29, 0.717) is 11.8 Å². The van der Waals surface area contributed by atoms with Crippen molar-refractivity contribution in [3.05, 3.63) is 35.6 Å². The number of phenols is 2. The van der Waals surface area contributed by atoms with E-state index in [1.807, 2.05) is 0 Å². The lowest BCUT2D eigenvalue weighted by Crippen LogP contribution is -2.60. The Hall–Kier alpha value is -3.27. The molecule has 1 fully saturated rings. The molecule has 6 N–H and O–H groups in total. The zero-order valence-electron chi connectivity index (χ0n) is 21.0. The van der Waals surface area contributed by atoms with Crippen molar-refractivity contribution in [1.82, 2.24) is 0 Å². The molecule has 0 amide bonds. The largest absolute Gasteiger partial charge is 0.504 e. The predicted molar refractivity (Wildman–Crippen MR) is 127 cm³/mol. The van der Waals surface area contributed by atoms with E-state index in [1.165, 1.54) is 12.1 Å². The molecule has 0 unspecified atom stereocenters. The second-order valence-electron chi connectivity index (χ2n) is 9.07. The Labute approximate surface area is 222 Å². The number of aromatic hydroxyl groups is 2. The normalized spacial score (nSPS) is 30.5. The SMILES string of the molecule is COC(=O)C1=CO[C@H](O[C@@H]2O[C@@H](CO)[C@@H](O)[C@H](O)[C@@H]2O)[C@@H](CC=O)[C@@H]1CC(=O)OCCc1ccc(O)c(O)c1. The minimum absolute atomic E-state index is 0.0709. The summed E-state index contributed by atoms with van der Waals surface area (Å²) in [6, 6.07) is 4.16. The molecule has 1 saturated heterocycles. The molecule has 0 saturated carbocycles. The molecule has 0 aromatic heterocycles. The van der Waals surface area contributed by atoms with Crippen molar-refractivity contribution in [3.8, 4) is 11.5 Å². The fourth-order valence-corrected chi connectivity index (χ4v) is 4.40. The number of hydrogen-bond donors (Lipinski definition) is 6. The van der Waals surface area contributed by atoms with Crippen LogP contribution in [0.4, 0.5) is 0 Å². The van der Waals surface area contributed by atoms with Crippen molar-refractivity contribution in [1.29, 1.82) is 0 Å². The molecule has 0 aliphatic carbocycles. The first-order valence-electron chi connectivity index (χ1n) is 12.1. The molecule has 1 aromatic rings. The number of methoxy groups -OCH3 is 1. The van der Waals surface area contributed by atoms with Gasteiger partial charge in [-0.1, -0.05) is 6.07 Å². The van der Waals surface area contributed by atoms with E-state index in [4.69, 9.17) is 23.7 Å². The van der Waals surface area contributed by atoms with Crippen molar-refractivity contribution < 1.29 is 68.7 Å². The number of aliphatic hydroxyl groups is 4. The monoisotopic (exact) mass is 556 g/mol. The molecule has 216 valence electrons. The second kappa shape index (κ2) is 13.7. The zero-order valence-corrected chi connectivity index (χ0v) is 21.0. The topological polar surface area (TPSA) is 219 Å². The number of phenolic OH excluding ortho intramolecular Hbond substituents is 2. The van der Waals surface area contributed by atoms with Gasteiger partial charge in [-0.3, -0.25) is 4.79 Å². The van der Waals surface area contributed by atoms with Gasteiger partial charge in [0.25, 0.3) is 0 Å². The van der Waals surface area contributed by atoms with E-state index in [9.17, 15) is 45.0 Å². The molecule has 0 spiro atoms. The summed E-state index contributed by atoms with van der Waals surface area (Å²) in [5, 5.41) is 58.8. The maximum Gasteiger partial charge on any atom is 0.337 e. The molecule has 39 heavy (non-hydrogen) atoms. The summed E-state index contributed by atoms with van der Waals surface area (Å²) in [6.07, 6.45) is -8.23. The van der Waals surface area contributed by atoms with Crippen LogP contribution in [-0.2, 0) is 44.5 Å². The van der Waals surface area contributed by atoms with Crippen LogP contribution in [0.15, 0.2) is 30.0 Å². The van der Waals surface area contributed by atoms with E-state index in [1.54, 1.807) is 6.07 Å². The third-order valence-corrected chi connectivity index (χ3v) is 6.58. The molecule has 8 atom stereocenters. The summed E-state index contributed by atoms with van der Waals surface area (Å²) >= 11 is 0. The average Bonchev–Trinajstić information content (AvgIpc) is 2.92. The van der Waals surface area contributed by atoms with Crippen LogP contribution in [0.1, 0.15) is 18.4 Å². The summed E-state index contributed by atoms with van der Waals surface area (Å²) in [4.78, 5) is 36.7. The van der Waals surface area contributed by atoms with Crippen LogP contribution >= 0.6 is 0 Å². The molecule has 14 heteroatoms. The molecule has 2 heterocycles. The fourth-order valence-electron chi connectivity index (χ4n) is 4.40. The van der Waals surface area contributed by atoms with E-state index in [-0.39, 0.29) is 36.5 Å². The Kier molecular flexibility index (Phi) is 10.6. The number of esters is 2. The Morgan fingerprint density at radius 1 is 1.05 bits per heavy atom. The number of carbonyl (C=O) groups excluding carboxylic acids is 3. The van der Waals surface area contributed by atoms with Crippen molar-refractivity contribution in [3.63, 3.8) is 0 Å². The third-order valence-electron chi connectivity index (χ3n) is 6.58. The first-order valence-corrected chi connectivity index (χ1v) is 12.1. The van der Waals surface area contributed by atoms with Crippen molar-refractivity contribution in [2.75, 3.05) is 20.3 Å². The number of hydrogen-bond acceptors (Lipinski definition) is 14. The Balaban J connectivity index is 1.73. The molecule has 1 aromatic carbocycles. The summed E-state index contributed by atoms with van der Waals surface area (Å²) in [7, 11) is 1.12. The van der Waals surface area contributed by atoms with E-state index in [2.05, 4.69) is 0 Å². The van der Waals surface area contributed by atoms with Crippen LogP contribution in [0.25, 0.3) is 0 Å². The second-order valence-corrected chi connectivity index (χ2v) is 9.07. The first-order chi connectivity index (χ1) is 18.6. The Bertz CT molecular complexity index is 1040. The highest BCUT2D eigenvalue weighted by Crippen LogP contribution is 2.38. The van der Waals surface area contributed by atoms with Crippen LogP contribution in [0, 0.1) is 11.8 Å². The van der Waals surface area contributed by atoms with Crippen LogP contribution in [0.5, 0.6) is 11.5 Å². The predicted octanol–water partition coefficient (Wildman–Crippen LogP) is -1.38. The lowest BCUT2D eigenvalue weighted by molar-refractivity contribution is -0.341. The average molecular weight is 557 g/mol. The van der Waals surface area contributed by atoms with Gasteiger partial charge >= 0.3 is 11.9 Å². The highest BCUT2D eigenvalue weighted by atomic mass is 16.8. The number of carbonyl (C=O) groups is 3. The van der Waals surface area contributed by atoms with Gasteiger partial charge in [0.2, 0.25) is 6.29 Å². The highest BCUT2D eigenvalue weighted by molar-refractivity contribution is 5.90. The molecular formula is C25H32O14. The van der Waals surface area contributed by atoms with Crippen LogP contribution in [0.2, 0.25) is 0 Å². The van der Waals surface area contributed by atoms with Gasteiger partial charge in [-0.05, 0) is 17.7 Å². The van der Waals surface area contributed by atoms with Crippen LogP contribution in [0.3, 0.4) is 0 Å². The standard InChI is InChI=1S/C25H32O14/c1-35-23(34)15-11-37-24(39-25-22(33)21(32)20(31)18(10-27)38-25)13(4-6-26)14(15)9-19(30)36-7-5-12-2-3-16(28)17(29)8-12/h2-3,6,8,11,13-14,18,20-22,24-25,27-29,31-33H,4-5,7,9-10H2,1H3/t13-,14-,18-,20+,21-,22-,24+,25-/m0/s1. The summed E-state index contributed by atoms with van der Waals surface area (Å²) in [5.41, 5.74) is 0.518. The van der Waals surface area contributed by atoms with Gasteiger partial charge < -0.3 is 59.1 Å². The summed E-state index contributed by atoms with van der Waals surface area (Å²) in [6.45, 7) is -0.786. The third kappa shape index (κ3) is 7.23. The van der Waals surface area contributed by atoms with Gasteiger partial charge in [0.15, 0.2) is 17.8 Å². The smallest absolute Gasteiger partial charge is 0.337 e. The minimum atomic E-state index is -1.75. The van der Waals surface area contributed by atoms with Crippen molar-refractivity contribution in [2.45, 2.75) is 56.3 Å². The first kappa shape index (κ1) is 30.3. The number of aldehydes is 1. The Morgan fingerprint density at radius 2 is 1.79 bits per heavy atom. The molecule has 3 rings (SSSR count). The minimum Gasteiger partial charge on any atom is -0.504 e. The van der Waals surface area contributed by atoms with Gasteiger partial charge in [-0.15, -0.1) is 0 Å². The summed E-state index contributed by atoms with van der Waals surface area (Å²) < 4.78 is 26.6. The van der Waals surface area contributed by atoms with Gasteiger partial charge in [0.1, 0.15) is 30.7 Å². The molecule has 0 bridgehead atoms. The Morgan fingerprint density at radius 3 is 2.44 bits per heavy atom. The molecule has 2 aliphatic rings. The van der Waals surface area contributed by atoms with Gasteiger partial charge in [-0.25, -0.2) is 4.79 Å². The van der Waals surface area contributed by atoms with Crippen LogP contribution in [-0.4, -0.2) is 106 Å². The van der Waals surface area contributed by atoms with E-state index >= 15 is 0 Å². The fraction of sp³-hybridized carbons (Fsp3) is 0.560. The van der Waals surface area contributed by atoms with Gasteiger partial charge in [0, 0.05) is 24.7 Å². The number of aliphatic hydroxyl groups excluding tert-OH is 4. The van der Waals surface area contributed by atoms with Crippen molar-refractivity contribution in [2.24, 2.45) is 11.8 Å².